The van der Waals surface area contributed by atoms with Gasteiger partial charge in [-0.2, -0.15) is 0 Å². The monoisotopic (exact) mass is 260 g/mol. The number of rotatable bonds is 4. The highest BCUT2D eigenvalue weighted by molar-refractivity contribution is 5.57. The summed E-state index contributed by atoms with van der Waals surface area (Å²) in [6.07, 6.45) is 2.55. The van der Waals surface area contributed by atoms with Crippen molar-refractivity contribution in [3.63, 3.8) is 0 Å². The number of anilines is 1. The molecule has 0 aliphatic carbocycles. The van der Waals surface area contributed by atoms with Crippen LogP contribution in [0.25, 0.3) is 0 Å². The van der Waals surface area contributed by atoms with Crippen LogP contribution in [-0.4, -0.2) is 44.8 Å². The highest BCUT2D eigenvalue weighted by Gasteiger charge is 2.24. The highest BCUT2D eigenvalue weighted by atomic mass is 16.5. The molecule has 0 bridgehead atoms. The number of benzene rings is 1. The molecule has 0 spiro atoms. The van der Waals surface area contributed by atoms with Crippen molar-refractivity contribution in [1.29, 1.82) is 0 Å². The van der Waals surface area contributed by atoms with Gasteiger partial charge in [0, 0.05) is 37.8 Å². The number of hydrogen-bond donors (Lipinski definition) is 1. The quantitative estimate of drug-likeness (QED) is 0.900. The Morgan fingerprint density at radius 1 is 1.32 bits per heavy atom. The summed E-state index contributed by atoms with van der Waals surface area (Å²) in [6.45, 7) is 5.29. The third kappa shape index (κ3) is 3.10. The van der Waals surface area contributed by atoms with E-state index in [1.165, 1.54) is 30.6 Å². The van der Waals surface area contributed by atoms with Crippen molar-refractivity contribution in [3.05, 3.63) is 29.8 Å². The maximum Gasteiger partial charge on any atom is 0.0506 e. The van der Waals surface area contributed by atoms with Crippen LogP contribution in [0.3, 0.4) is 0 Å². The van der Waals surface area contributed by atoms with Gasteiger partial charge in [-0.3, -0.25) is 0 Å². The van der Waals surface area contributed by atoms with Gasteiger partial charge in [0.25, 0.3) is 0 Å². The molecule has 0 aromatic heterocycles. The number of hydrogen-bond acceptors (Lipinski definition) is 3. The van der Waals surface area contributed by atoms with Gasteiger partial charge in [0.15, 0.2) is 0 Å². The first-order chi connectivity index (χ1) is 9.33. The van der Waals surface area contributed by atoms with Crippen LogP contribution in [0.4, 0.5) is 5.69 Å². The lowest BCUT2D eigenvalue weighted by atomic mass is 9.98. The summed E-state index contributed by atoms with van der Waals surface area (Å²) in [4.78, 5) is 2.48. The molecule has 104 valence electrons. The lowest BCUT2D eigenvalue weighted by Crippen LogP contribution is -2.33. The fraction of sp³-hybridized carbons (Fsp3) is 0.625. The van der Waals surface area contributed by atoms with E-state index in [0.29, 0.717) is 5.92 Å². The zero-order chi connectivity index (χ0) is 13.1. The molecular formula is C16H24N2O. The van der Waals surface area contributed by atoms with E-state index < -0.39 is 0 Å². The van der Waals surface area contributed by atoms with Gasteiger partial charge >= 0.3 is 0 Å². The third-order valence-electron chi connectivity index (χ3n) is 4.30. The van der Waals surface area contributed by atoms with Gasteiger partial charge in [-0.1, -0.05) is 18.2 Å². The van der Waals surface area contributed by atoms with Crippen molar-refractivity contribution in [2.45, 2.75) is 18.8 Å². The second-order valence-electron chi connectivity index (χ2n) is 5.97. The van der Waals surface area contributed by atoms with E-state index in [4.69, 9.17) is 4.74 Å². The Balaban J connectivity index is 1.54. The zero-order valence-corrected chi connectivity index (χ0v) is 11.8. The Hall–Kier alpha value is -1.06. The average Bonchev–Trinajstić information content (AvgIpc) is 2.83. The topological polar surface area (TPSA) is 24.5 Å². The molecule has 3 nitrogen and oxygen atoms in total. The Labute approximate surface area is 115 Å². The molecule has 1 saturated heterocycles. The third-order valence-corrected chi connectivity index (χ3v) is 4.30. The molecular weight excluding hydrogens is 236 g/mol. The van der Waals surface area contributed by atoms with Crippen LogP contribution in [0.1, 0.15) is 24.3 Å². The van der Waals surface area contributed by atoms with Crippen LogP contribution in [-0.2, 0) is 4.74 Å². The zero-order valence-electron chi connectivity index (χ0n) is 11.8. The molecule has 0 amide bonds. The number of nitrogens with zero attached hydrogens (tertiary/aromatic N) is 1. The minimum Gasteiger partial charge on any atom is -0.384 e. The molecule has 2 heterocycles. The Morgan fingerprint density at radius 3 is 3.05 bits per heavy atom. The van der Waals surface area contributed by atoms with Crippen LogP contribution in [0.5, 0.6) is 0 Å². The van der Waals surface area contributed by atoms with Crippen molar-refractivity contribution >= 4 is 5.69 Å². The van der Waals surface area contributed by atoms with E-state index in [0.717, 1.165) is 32.2 Å². The smallest absolute Gasteiger partial charge is 0.0506 e. The predicted molar refractivity (Wildman–Crippen MR) is 78.7 cm³/mol. The summed E-state index contributed by atoms with van der Waals surface area (Å²) in [6, 6.07) is 8.70. The molecule has 0 radical (unpaired) electrons. The summed E-state index contributed by atoms with van der Waals surface area (Å²) in [5.74, 6) is 1.36. The van der Waals surface area contributed by atoms with Crippen LogP contribution < -0.4 is 5.32 Å². The molecule has 1 fully saturated rings. The summed E-state index contributed by atoms with van der Waals surface area (Å²) < 4.78 is 5.57. The van der Waals surface area contributed by atoms with Gasteiger partial charge in [0.1, 0.15) is 0 Å². The lowest BCUT2D eigenvalue weighted by Gasteiger charge is -2.28. The molecule has 3 rings (SSSR count). The van der Waals surface area contributed by atoms with Gasteiger partial charge in [0.2, 0.25) is 0 Å². The van der Waals surface area contributed by atoms with Gasteiger partial charge in [-0.15, -0.1) is 0 Å². The van der Waals surface area contributed by atoms with Crippen LogP contribution in [0.15, 0.2) is 24.3 Å². The van der Waals surface area contributed by atoms with Gasteiger partial charge in [0.05, 0.1) is 6.61 Å². The number of likely N-dealkylation sites (N-methyl/N-ethyl adjacent to an activating group) is 1. The second-order valence-corrected chi connectivity index (χ2v) is 5.97. The largest absolute Gasteiger partial charge is 0.384 e. The van der Waals surface area contributed by atoms with E-state index >= 15 is 0 Å². The normalized spacial score (nSPS) is 26.2. The average molecular weight is 260 g/mol. The molecule has 1 aromatic rings. The first kappa shape index (κ1) is 12.9. The van der Waals surface area contributed by atoms with Crippen LogP contribution in [0.2, 0.25) is 0 Å². The highest BCUT2D eigenvalue weighted by Crippen LogP contribution is 2.31. The van der Waals surface area contributed by atoms with Gasteiger partial charge < -0.3 is 15.0 Å². The molecule has 2 aliphatic rings. The molecule has 2 unspecified atom stereocenters. The fourth-order valence-electron chi connectivity index (χ4n) is 3.36. The molecule has 2 aliphatic heterocycles. The van der Waals surface area contributed by atoms with Crippen molar-refractivity contribution in [2.24, 2.45) is 5.92 Å². The van der Waals surface area contributed by atoms with Gasteiger partial charge in [-0.05, 0) is 37.4 Å². The molecule has 3 heteroatoms. The van der Waals surface area contributed by atoms with E-state index in [2.05, 4.69) is 41.5 Å². The summed E-state index contributed by atoms with van der Waals surface area (Å²) in [7, 11) is 2.25. The number of nitrogens with one attached hydrogen (secondary N) is 1. The Morgan fingerprint density at radius 2 is 2.21 bits per heavy atom. The molecule has 1 aromatic carbocycles. The van der Waals surface area contributed by atoms with Crippen molar-refractivity contribution in [3.8, 4) is 0 Å². The van der Waals surface area contributed by atoms with Crippen LogP contribution in [0, 0.1) is 5.92 Å². The Kier molecular flexibility index (Phi) is 4.04. The first-order valence-electron chi connectivity index (χ1n) is 7.42. The number of para-hydroxylation sites is 1. The SMILES string of the molecule is CN(CC1CCCOC1)CC1CNc2ccccc21. The maximum absolute atomic E-state index is 5.57. The summed E-state index contributed by atoms with van der Waals surface area (Å²) in [5.41, 5.74) is 2.80. The summed E-state index contributed by atoms with van der Waals surface area (Å²) >= 11 is 0. The number of ether oxygens (including phenoxy) is 1. The molecule has 1 N–H and O–H groups in total. The molecule has 19 heavy (non-hydrogen) atoms. The fourth-order valence-corrected chi connectivity index (χ4v) is 3.36. The lowest BCUT2D eigenvalue weighted by molar-refractivity contribution is 0.0415. The predicted octanol–water partition coefficient (Wildman–Crippen LogP) is 2.55. The molecule has 2 atom stereocenters. The van der Waals surface area contributed by atoms with E-state index in [1.54, 1.807) is 0 Å². The van der Waals surface area contributed by atoms with E-state index in [1.807, 2.05) is 0 Å². The molecule has 0 saturated carbocycles. The van der Waals surface area contributed by atoms with Crippen molar-refractivity contribution in [2.75, 3.05) is 45.2 Å². The number of fused-ring (bicyclic) bond motifs is 1. The first-order valence-corrected chi connectivity index (χ1v) is 7.42. The minimum atomic E-state index is 0.630. The van der Waals surface area contributed by atoms with Crippen molar-refractivity contribution < 1.29 is 4.74 Å². The second kappa shape index (κ2) is 5.93. The standard InChI is InChI=1S/C16H24N2O/c1-18(10-13-5-4-8-19-12-13)11-14-9-17-16-7-3-2-6-15(14)16/h2-3,6-7,13-14,17H,4-5,8-12H2,1H3. The van der Waals surface area contributed by atoms with E-state index in [9.17, 15) is 0 Å². The van der Waals surface area contributed by atoms with Crippen LogP contribution >= 0.6 is 0 Å². The Bertz CT molecular complexity index is 415. The van der Waals surface area contributed by atoms with Crippen molar-refractivity contribution in [1.82, 2.24) is 4.90 Å². The minimum absolute atomic E-state index is 0.630. The van der Waals surface area contributed by atoms with E-state index in [-0.39, 0.29) is 0 Å². The summed E-state index contributed by atoms with van der Waals surface area (Å²) in [5, 5.41) is 3.51. The maximum atomic E-state index is 5.57. The van der Waals surface area contributed by atoms with Gasteiger partial charge in [-0.25, -0.2) is 0 Å².